The molecule has 1 aromatic heterocycles. The molecule has 3 rings (SSSR count). The molecule has 6 nitrogen and oxygen atoms in total. The summed E-state index contributed by atoms with van der Waals surface area (Å²) >= 11 is 7.35. The lowest BCUT2D eigenvalue weighted by Crippen LogP contribution is -2.45. The van der Waals surface area contributed by atoms with Crippen LogP contribution in [0.2, 0.25) is 5.02 Å². The number of hydrogen-bond donors (Lipinski definition) is 2. The van der Waals surface area contributed by atoms with Crippen LogP contribution in [0.25, 0.3) is 0 Å². The number of benzene rings is 1. The van der Waals surface area contributed by atoms with Gasteiger partial charge < -0.3 is 15.5 Å². The number of aryl methyl sites for hydroxylation is 1. The molecule has 1 unspecified atom stereocenters. The van der Waals surface area contributed by atoms with E-state index in [2.05, 4.69) is 17.6 Å². The zero-order valence-corrected chi connectivity index (χ0v) is 19.4. The van der Waals surface area contributed by atoms with Crippen molar-refractivity contribution in [2.75, 3.05) is 25.0 Å². The van der Waals surface area contributed by atoms with Gasteiger partial charge in [-0.2, -0.15) is 0 Å². The molecule has 3 amide bonds. The van der Waals surface area contributed by atoms with E-state index in [1.165, 1.54) is 11.3 Å². The molecular weight excluding hydrogens is 434 g/mol. The van der Waals surface area contributed by atoms with Crippen molar-refractivity contribution in [3.63, 3.8) is 0 Å². The number of nitrogens with zero attached hydrogens (tertiary/aromatic N) is 1. The van der Waals surface area contributed by atoms with Crippen LogP contribution in [-0.4, -0.2) is 42.3 Å². The summed E-state index contributed by atoms with van der Waals surface area (Å²) in [5.74, 6) is -0.546. The first-order valence-corrected chi connectivity index (χ1v) is 11.8. The van der Waals surface area contributed by atoms with Crippen LogP contribution in [0, 0.1) is 12.8 Å². The fourth-order valence-corrected chi connectivity index (χ4v) is 4.89. The molecule has 1 fully saturated rings. The second-order valence-electron chi connectivity index (χ2n) is 7.79. The highest BCUT2D eigenvalue weighted by Crippen LogP contribution is 2.30. The summed E-state index contributed by atoms with van der Waals surface area (Å²) in [6.45, 7) is 5.68. The smallest absolute Gasteiger partial charge is 0.264 e. The van der Waals surface area contributed by atoms with Crippen molar-refractivity contribution >= 4 is 45.7 Å². The topological polar surface area (TPSA) is 78.5 Å². The standard InChI is InChI=1S/C23H28ClN3O3S/c1-3-4-11-25-21(28)16-8-7-12-27(14-16)23(30)20-15(2)13-19(31-20)26-22(29)17-9-5-6-10-18(17)24/h5-6,9-10,13,16H,3-4,7-8,11-12,14H2,1-2H3,(H,25,28)(H,26,29). The van der Waals surface area contributed by atoms with Crippen LogP contribution >= 0.6 is 22.9 Å². The van der Waals surface area contributed by atoms with Gasteiger partial charge in [0.05, 0.1) is 26.4 Å². The van der Waals surface area contributed by atoms with Crippen LogP contribution in [0.1, 0.15) is 58.2 Å². The number of piperidine rings is 1. The molecule has 1 aromatic carbocycles. The predicted molar refractivity (Wildman–Crippen MR) is 125 cm³/mol. The first kappa shape index (κ1) is 23.3. The van der Waals surface area contributed by atoms with Crippen molar-refractivity contribution in [2.45, 2.75) is 39.5 Å². The quantitative estimate of drug-likeness (QED) is 0.585. The van der Waals surface area contributed by atoms with Crippen LogP contribution in [0.4, 0.5) is 5.00 Å². The van der Waals surface area contributed by atoms with Gasteiger partial charge in [-0.1, -0.05) is 37.1 Å². The summed E-state index contributed by atoms with van der Waals surface area (Å²) in [5.41, 5.74) is 1.19. The minimum absolute atomic E-state index is 0.0292. The first-order valence-electron chi connectivity index (χ1n) is 10.6. The second kappa shape index (κ2) is 10.8. The molecule has 2 heterocycles. The average molecular weight is 462 g/mol. The summed E-state index contributed by atoms with van der Waals surface area (Å²) in [6, 6.07) is 8.63. The molecule has 1 aliphatic heterocycles. The van der Waals surface area contributed by atoms with Crippen molar-refractivity contribution in [3.8, 4) is 0 Å². The highest BCUT2D eigenvalue weighted by atomic mass is 35.5. The first-order chi connectivity index (χ1) is 14.9. The number of halogens is 1. The van der Waals surface area contributed by atoms with Gasteiger partial charge in [0.2, 0.25) is 5.91 Å². The van der Waals surface area contributed by atoms with E-state index < -0.39 is 0 Å². The molecule has 0 radical (unpaired) electrons. The lowest BCUT2D eigenvalue weighted by atomic mass is 9.96. The number of carbonyl (C=O) groups excluding carboxylic acids is 3. The minimum atomic E-state index is -0.312. The molecular formula is C23H28ClN3O3S. The molecule has 0 bridgehead atoms. The normalized spacial score (nSPS) is 16.1. The van der Waals surface area contributed by atoms with Gasteiger partial charge in [0, 0.05) is 19.6 Å². The van der Waals surface area contributed by atoms with E-state index in [-0.39, 0.29) is 23.6 Å². The van der Waals surface area contributed by atoms with E-state index in [0.717, 1.165) is 31.2 Å². The molecule has 8 heteroatoms. The highest BCUT2D eigenvalue weighted by molar-refractivity contribution is 7.18. The number of nitrogens with one attached hydrogen (secondary N) is 2. The van der Waals surface area contributed by atoms with Crippen LogP contribution < -0.4 is 10.6 Å². The fraction of sp³-hybridized carbons (Fsp3) is 0.435. The predicted octanol–water partition coefficient (Wildman–Crippen LogP) is 4.73. The Balaban J connectivity index is 1.65. The van der Waals surface area contributed by atoms with E-state index in [4.69, 9.17) is 11.6 Å². The van der Waals surface area contributed by atoms with Gasteiger partial charge in [-0.15, -0.1) is 11.3 Å². The Labute approximate surface area is 192 Å². The molecule has 1 saturated heterocycles. The Morgan fingerprint density at radius 3 is 2.77 bits per heavy atom. The van der Waals surface area contributed by atoms with E-state index in [1.54, 1.807) is 35.2 Å². The Kier molecular flexibility index (Phi) is 8.09. The molecule has 166 valence electrons. The van der Waals surface area contributed by atoms with Crippen molar-refractivity contribution in [1.29, 1.82) is 0 Å². The highest BCUT2D eigenvalue weighted by Gasteiger charge is 2.30. The lowest BCUT2D eigenvalue weighted by molar-refractivity contribution is -0.126. The minimum Gasteiger partial charge on any atom is -0.356 e. The van der Waals surface area contributed by atoms with Crippen molar-refractivity contribution in [1.82, 2.24) is 10.2 Å². The maximum Gasteiger partial charge on any atom is 0.264 e. The number of rotatable bonds is 7. The van der Waals surface area contributed by atoms with Crippen molar-refractivity contribution in [2.24, 2.45) is 5.92 Å². The molecule has 0 spiro atoms. The number of carbonyl (C=O) groups is 3. The van der Waals surface area contributed by atoms with E-state index in [0.29, 0.717) is 40.1 Å². The largest absolute Gasteiger partial charge is 0.356 e. The molecule has 2 aromatic rings. The second-order valence-corrected chi connectivity index (χ2v) is 9.25. The van der Waals surface area contributed by atoms with Gasteiger partial charge >= 0.3 is 0 Å². The third kappa shape index (κ3) is 5.86. The number of amides is 3. The lowest BCUT2D eigenvalue weighted by Gasteiger charge is -2.32. The summed E-state index contributed by atoms with van der Waals surface area (Å²) < 4.78 is 0. The average Bonchev–Trinajstić information content (AvgIpc) is 3.13. The van der Waals surface area contributed by atoms with Crippen LogP contribution in [0.3, 0.4) is 0 Å². The third-order valence-corrected chi connectivity index (χ3v) is 6.85. The SMILES string of the molecule is CCCCNC(=O)C1CCCN(C(=O)c2sc(NC(=O)c3ccccc3Cl)cc2C)C1. The van der Waals surface area contributed by atoms with Gasteiger partial charge in [0.15, 0.2) is 0 Å². The molecule has 31 heavy (non-hydrogen) atoms. The van der Waals surface area contributed by atoms with Gasteiger partial charge in [-0.25, -0.2) is 0 Å². The monoisotopic (exact) mass is 461 g/mol. The Morgan fingerprint density at radius 1 is 1.26 bits per heavy atom. The molecule has 0 aliphatic carbocycles. The van der Waals surface area contributed by atoms with Crippen LogP contribution in [0.15, 0.2) is 30.3 Å². The Bertz CT molecular complexity index is 959. The van der Waals surface area contributed by atoms with Gasteiger partial charge in [-0.3, -0.25) is 14.4 Å². The summed E-state index contributed by atoms with van der Waals surface area (Å²) in [6.07, 6.45) is 3.59. The van der Waals surface area contributed by atoms with Crippen molar-refractivity contribution in [3.05, 3.63) is 51.4 Å². The Hall–Kier alpha value is -2.38. The number of hydrogen-bond acceptors (Lipinski definition) is 4. The summed E-state index contributed by atoms with van der Waals surface area (Å²) in [7, 11) is 0. The zero-order chi connectivity index (χ0) is 22.4. The van der Waals surface area contributed by atoms with E-state index in [9.17, 15) is 14.4 Å². The van der Waals surface area contributed by atoms with Crippen LogP contribution in [0.5, 0.6) is 0 Å². The van der Waals surface area contributed by atoms with E-state index in [1.807, 2.05) is 6.92 Å². The molecule has 2 N–H and O–H groups in total. The maximum absolute atomic E-state index is 13.1. The van der Waals surface area contributed by atoms with Crippen LogP contribution in [-0.2, 0) is 4.79 Å². The summed E-state index contributed by atoms with van der Waals surface area (Å²) in [5, 5.41) is 6.78. The molecule has 1 atom stereocenters. The van der Waals surface area contributed by atoms with Gasteiger partial charge in [-0.05, 0) is 49.9 Å². The fourth-order valence-electron chi connectivity index (χ4n) is 3.63. The van der Waals surface area contributed by atoms with Gasteiger partial charge in [0.1, 0.15) is 0 Å². The van der Waals surface area contributed by atoms with E-state index >= 15 is 0 Å². The van der Waals surface area contributed by atoms with Gasteiger partial charge in [0.25, 0.3) is 11.8 Å². The maximum atomic E-state index is 13.1. The zero-order valence-electron chi connectivity index (χ0n) is 17.9. The third-order valence-electron chi connectivity index (χ3n) is 5.38. The molecule has 1 aliphatic rings. The number of thiophene rings is 1. The number of anilines is 1. The number of unbranched alkanes of at least 4 members (excludes halogenated alkanes) is 1. The Morgan fingerprint density at radius 2 is 2.03 bits per heavy atom. The molecule has 0 saturated carbocycles. The number of likely N-dealkylation sites (tertiary alicyclic amines) is 1. The van der Waals surface area contributed by atoms with Crippen molar-refractivity contribution < 1.29 is 14.4 Å². The summed E-state index contributed by atoms with van der Waals surface area (Å²) in [4.78, 5) is 40.4.